The molecule has 1 saturated heterocycles. The van der Waals surface area contributed by atoms with Crippen LogP contribution in [-0.2, 0) is 0 Å². The molecule has 1 atom stereocenters. The monoisotopic (exact) mass is 290 g/mol. The summed E-state index contributed by atoms with van der Waals surface area (Å²) in [5.41, 5.74) is 1.70. The van der Waals surface area contributed by atoms with Crippen LogP contribution in [0.2, 0.25) is 0 Å². The van der Waals surface area contributed by atoms with E-state index in [1.54, 1.807) is 6.07 Å². The number of hydrogen-bond donors (Lipinski definition) is 2. The molecule has 0 bridgehead atoms. The van der Waals surface area contributed by atoms with Crippen molar-refractivity contribution < 1.29 is 4.39 Å². The van der Waals surface area contributed by atoms with Gasteiger partial charge < -0.3 is 15.2 Å². The Morgan fingerprint density at radius 1 is 1.43 bits per heavy atom. The average molecular weight is 290 g/mol. The number of imidazole rings is 1. The smallest absolute Gasteiger partial charge is 0.204 e. The predicted molar refractivity (Wildman–Crippen MR) is 84.2 cm³/mol. The zero-order valence-electron chi connectivity index (χ0n) is 12.9. The van der Waals surface area contributed by atoms with Crippen molar-refractivity contribution in [1.82, 2.24) is 15.3 Å². The normalized spacial score (nSPS) is 19.6. The number of anilines is 1. The van der Waals surface area contributed by atoms with Crippen LogP contribution in [0.25, 0.3) is 11.0 Å². The Morgan fingerprint density at radius 3 is 3.00 bits per heavy atom. The summed E-state index contributed by atoms with van der Waals surface area (Å²) in [6.45, 7) is 8.47. The van der Waals surface area contributed by atoms with Crippen LogP contribution in [0.5, 0.6) is 0 Å². The van der Waals surface area contributed by atoms with E-state index in [0.29, 0.717) is 6.04 Å². The summed E-state index contributed by atoms with van der Waals surface area (Å²) < 4.78 is 13.3. The highest BCUT2D eigenvalue weighted by Crippen LogP contribution is 2.25. The number of benzene rings is 1. The molecular weight excluding hydrogens is 267 g/mol. The Balaban J connectivity index is 1.80. The lowest BCUT2D eigenvalue weighted by Crippen LogP contribution is -2.45. The molecule has 1 aromatic heterocycles. The molecule has 0 saturated carbocycles. The summed E-state index contributed by atoms with van der Waals surface area (Å²) >= 11 is 0. The highest BCUT2D eigenvalue weighted by molar-refractivity contribution is 5.77. The molecule has 0 spiro atoms. The molecule has 1 fully saturated rings. The second-order valence-corrected chi connectivity index (χ2v) is 6.84. The van der Waals surface area contributed by atoms with Crippen molar-refractivity contribution in [3.05, 3.63) is 24.0 Å². The van der Waals surface area contributed by atoms with Gasteiger partial charge in [0.2, 0.25) is 5.95 Å². The van der Waals surface area contributed by atoms with Gasteiger partial charge in [0, 0.05) is 24.7 Å². The van der Waals surface area contributed by atoms with Gasteiger partial charge in [0.15, 0.2) is 0 Å². The van der Waals surface area contributed by atoms with Crippen molar-refractivity contribution in [3.63, 3.8) is 0 Å². The van der Waals surface area contributed by atoms with E-state index in [9.17, 15) is 4.39 Å². The second-order valence-electron chi connectivity index (χ2n) is 6.84. The fourth-order valence-corrected chi connectivity index (χ4v) is 2.86. The number of aromatic nitrogens is 2. The maximum atomic E-state index is 13.3. The van der Waals surface area contributed by atoms with Crippen LogP contribution in [0.4, 0.5) is 10.3 Å². The number of rotatable bonds is 3. The van der Waals surface area contributed by atoms with E-state index < -0.39 is 0 Å². The lowest BCUT2D eigenvalue weighted by Gasteiger charge is -2.28. The van der Waals surface area contributed by atoms with Crippen molar-refractivity contribution in [2.45, 2.75) is 45.2 Å². The van der Waals surface area contributed by atoms with E-state index in [0.717, 1.165) is 36.5 Å². The second kappa shape index (κ2) is 5.30. The van der Waals surface area contributed by atoms with Crippen LogP contribution in [0.1, 0.15) is 33.6 Å². The third-order valence-corrected chi connectivity index (χ3v) is 3.95. The molecule has 1 aliphatic heterocycles. The van der Waals surface area contributed by atoms with Crippen LogP contribution in [-0.4, -0.2) is 34.6 Å². The number of nitrogens with one attached hydrogen (secondary N) is 2. The minimum Gasteiger partial charge on any atom is -0.338 e. The number of hydrogen-bond acceptors (Lipinski definition) is 3. The number of fused-ring (bicyclic) bond motifs is 1. The van der Waals surface area contributed by atoms with Gasteiger partial charge in [-0.3, -0.25) is 0 Å². The number of nitrogens with zero attached hydrogens (tertiary/aromatic N) is 2. The van der Waals surface area contributed by atoms with Gasteiger partial charge in [-0.2, -0.15) is 0 Å². The van der Waals surface area contributed by atoms with Gasteiger partial charge in [0.25, 0.3) is 0 Å². The minimum atomic E-state index is -0.231. The first-order valence-electron chi connectivity index (χ1n) is 7.59. The Hall–Kier alpha value is -1.62. The summed E-state index contributed by atoms with van der Waals surface area (Å²) in [7, 11) is 0. The van der Waals surface area contributed by atoms with Gasteiger partial charge in [0.1, 0.15) is 5.82 Å². The molecule has 2 heterocycles. The summed E-state index contributed by atoms with van der Waals surface area (Å²) in [5.74, 6) is 0.624. The number of aromatic amines is 1. The van der Waals surface area contributed by atoms with Gasteiger partial charge in [-0.05, 0) is 51.8 Å². The zero-order chi connectivity index (χ0) is 15.0. The third kappa shape index (κ3) is 3.18. The largest absolute Gasteiger partial charge is 0.338 e. The highest BCUT2D eigenvalue weighted by Gasteiger charge is 2.27. The first-order chi connectivity index (χ1) is 9.92. The molecule has 2 N–H and O–H groups in total. The van der Waals surface area contributed by atoms with Gasteiger partial charge >= 0.3 is 0 Å². The maximum Gasteiger partial charge on any atom is 0.204 e. The molecule has 1 aromatic carbocycles. The molecule has 1 aliphatic rings. The van der Waals surface area contributed by atoms with Crippen molar-refractivity contribution in [2.24, 2.45) is 0 Å². The van der Waals surface area contributed by atoms with Gasteiger partial charge in [-0.25, -0.2) is 9.37 Å². The van der Waals surface area contributed by atoms with Crippen LogP contribution in [0.15, 0.2) is 18.2 Å². The Morgan fingerprint density at radius 2 is 2.24 bits per heavy atom. The first-order valence-corrected chi connectivity index (χ1v) is 7.59. The molecule has 1 unspecified atom stereocenters. The van der Waals surface area contributed by atoms with E-state index in [4.69, 9.17) is 0 Å². The molecular formula is C16H23FN4. The summed E-state index contributed by atoms with van der Waals surface area (Å²) in [6, 6.07) is 5.12. The van der Waals surface area contributed by atoms with E-state index in [1.807, 2.05) is 0 Å². The SMILES string of the molecule is CC(C)(C)NCC1CCCN1c1nc2ccc(F)cc2[nH]1. The summed E-state index contributed by atoms with van der Waals surface area (Å²) in [5, 5.41) is 3.56. The molecule has 0 radical (unpaired) electrons. The molecule has 3 rings (SSSR count). The van der Waals surface area contributed by atoms with Gasteiger partial charge in [-0.15, -0.1) is 0 Å². The third-order valence-electron chi connectivity index (χ3n) is 3.95. The van der Waals surface area contributed by atoms with Crippen LogP contribution >= 0.6 is 0 Å². The fourth-order valence-electron chi connectivity index (χ4n) is 2.86. The number of H-pyrrole nitrogens is 1. The van der Waals surface area contributed by atoms with Crippen LogP contribution in [0, 0.1) is 5.82 Å². The van der Waals surface area contributed by atoms with E-state index >= 15 is 0 Å². The van der Waals surface area contributed by atoms with Crippen molar-refractivity contribution in [1.29, 1.82) is 0 Å². The minimum absolute atomic E-state index is 0.116. The molecule has 114 valence electrons. The molecule has 2 aromatic rings. The van der Waals surface area contributed by atoms with E-state index in [2.05, 4.69) is 41.0 Å². The fraction of sp³-hybridized carbons (Fsp3) is 0.562. The summed E-state index contributed by atoms with van der Waals surface area (Å²) in [6.07, 6.45) is 2.33. The topological polar surface area (TPSA) is 44.0 Å². The van der Waals surface area contributed by atoms with E-state index in [1.165, 1.54) is 18.6 Å². The van der Waals surface area contributed by atoms with Crippen molar-refractivity contribution in [2.75, 3.05) is 18.0 Å². The molecule has 0 aliphatic carbocycles. The van der Waals surface area contributed by atoms with Crippen LogP contribution in [0.3, 0.4) is 0 Å². The Bertz CT molecular complexity index is 629. The molecule has 21 heavy (non-hydrogen) atoms. The average Bonchev–Trinajstić information content (AvgIpc) is 3.00. The first kappa shape index (κ1) is 14.3. The zero-order valence-corrected chi connectivity index (χ0v) is 12.9. The van der Waals surface area contributed by atoms with Crippen LogP contribution < -0.4 is 10.2 Å². The Kier molecular flexibility index (Phi) is 3.61. The quantitative estimate of drug-likeness (QED) is 0.913. The lowest BCUT2D eigenvalue weighted by molar-refractivity contribution is 0.404. The van der Waals surface area contributed by atoms with Crippen molar-refractivity contribution in [3.8, 4) is 0 Å². The standard InChI is InChI=1S/C16H23FN4/c1-16(2,3)18-10-12-5-4-8-21(12)15-19-13-7-6-11(17)9-14(13)20-15/h6-7,9,12,18H,4-5,8,10H2,1-3H3,(H,19,20). The Labute approximate surface area is 124 Å². The van der Waals surface area contributed by atoms with Crippen molar-refractivity contribution >= 4 is 17.0 Å². The summed E-state index contributed by atoms with van der Waals surface area (Å²) in [4.78, 5) is 10.2. The molecule has 0 amide bonds. The van der Waals surface area contributed by atoms with Gasteiger partial charge in [-0.1, -0.05) is 0 Å². The molecule has 4 nitrogen and oxygen atoms in total. The maximum absolute atomic E-state index is 13.3. The predicted octanol–water partition coefficient (Wildman–Crippen LogP) is 3.06. The highest BCUT2D eigenvalue weighted by atomic mass is 19.1. The number of halogens is 1. The van der Waals surface area contributed by atoms with E-state index in [-0.39, 0.29) is 11.4 Å². The molecule has 5 heteroatoms. The lowest BCUT2D eigenvalue weighted by atomic mass is 10.1. The van der Waals surface area contributed by atoms with Gasteiger partial charge in [0.05, 0.1) is 11.0 Å².